The van der Waals surface area contributed by atoms with E-state index in [0.29, 0.717) is 12.1 Å². The number of aromatic nitrogens is 2. The summed E-state index contributed by atoms with van der Waals surface area (Å²) in [6.45, 7) is 4.46. The molecule has 4 nitrogen and oxygen atoms in total. The van der Waals surface area contributed by atoms with Gasteiger partial charge in [0.25, 0.3) is 5.91 Å². The number of rotatable bonds is 3. The van der Waals surface area contributed by atoms with E-state index in [0.717, 1.165) is 11.3 Å². The van der Waals surface area contributed by atoms with Gasteiger partial charge in [-0.3, -0.25) is 9.48 Å². The molecular formula is C14H17N3O. The SMILES string of the molecule is Cc1ccccc1CNC(=O)c1cnn(C)c1C. The number of aryl methyl sites for hydroxylation is 2. The minimum Gasteiger partial charge on any atom is -0.348 e. The normalized spacial score (nSPS) is 10.4. The summed E-state index contributed by atoms with van der Waals surface area (Å²) in [6, 6.07) is 8.03. The van der Waals surface area contributed by atoms with Gasteiger partial charge in [-0.25, -0.2) is 0 Å². The third kappa shape index (κ3) is 2.42. The molecule has 18 heavy (non-hydrogen) atoms. The molecular weight excluding hydrogens is 226 g/mol. The van der Waals surface area contributed by atoms with Crippen molar-refractivity contribution in [1.82, 2.24) is 15.1 Å². The molecule has 1 N–H and O–H groups in total. The van der Waals surface area contributed by atoms with E-state index < -0.39 is 0 Å². The third-order valence-corrected chi connectivity index (χ3v) is 3.18. The lowest BCUT2D eigenvalue weighted by atomic mass is 10.1. The van der Waals surface area contributed by atoms with Crippen molar-refractivity contribution < 1.29 is 4.79 Å². The third-order valence-electron chi connectivity index (χ3n) is 3.18. The Kier molecular flexibility index (Phi) is 3.46. The van der Waals surface area contributed by atoms with Crippen molar-refractivity contribution in [2.24, 2.45) is 7.05 Å². The van der Waals surface area contributed by atoms with E-state index in [4.69, 9.17) is 0 Å². The van der Waals surface area contributed by atoms with Gasteiger partial charge in [0, 0.05) is 19.3 Å². The lowest BCUT2D eigenvalue weighted by molar-refractivity contribution is 0.0950. The van der Waals surface area contributed by atoms with E-state index in [2.05, 4.69) is 10.4 Å². The van der Waals surface area contributed by atoms with Crippen molar-refractivity contribution in [3.8, 4) is 0 Å². The van der Waals surface area contributed by atoms with Crippen LogP contribution in [0.3, 0.4) is 0 Å². The number of nitrogens with zero attached hydrogens (tertiary/aromatic N) is 2. The van der Waals surface area contributed by atoms with Gasteiger partial charge in [0.05, 0.1) is 11.8 Å². The van der Waals surface area contributed by atoms with Crippen LogP contribution in [0.2, 0.25) is 0 Å². The average molecular weight is 243 g/mol. The summed E-state index contributed by atoms with van der Waals surface area (Å²) >= 11 is 0. The first kappa shape index (κ1) is 12.4. The highest BCUT2D eigenvalue weighted by atomic mass is 16.1. The summed E-state index contributed by atoms with van der Waals surface area (Å²) < 4.78 is 1.70. The maximum absolute atomic E-state index is 12.0. The Morgan fingerprint density at radius 1 is 1.33 bits per heavy atom. The molecule has 0 atom stereocenters. The Hall–Kier alpha value is -2.10. The maximum Gasteiger partial charge on any atom is 0.255 e. The van der Waals surface area contributed by atoms with Crippen LogP contribution in [0.1, 0.15) is 27.2 Å². The number of nitrogens with one attached hydrogen (secondary N) is 1. The summed E-state index contributed by atoms with van der Waals surface area (Å²) in [5.74, 6) is -0.0798. The van der Waals surface area contributed by atoms with E-state index in [1.807, 2.05) is 45.2 Å². The molecule has 0 spiro atoms. The van der Waals surface area contributed by atoms with Gasteiger partial charge in [0.2, 0.25) is 0 Å². The Labute approximate surface area is 107 Å². The summed E-state index contributed by atoms with van der Waals surface area (Å²) in [5.41, 5.74) is 3.82. The molecule has 1 amide bonds. The monoisotopic (exact) mass is 243 g/mol. The fraction of sp³-hybridized carbons (Fsp3) is 0.286. The zero-order valence-corrected chi connectivity index (χ0v) is 10.9. The largest absolute Gasteiger partial charge is 0.348 e. The molecule has 0 bridgehead atoms. The minimum absolute atomic E-state index is 0.0798. The van der Waals surface area contributed by atoms with Gasteiger partial charge in [0.1, 0.15) is 0 Å². The highest BCUT2D eigenvalue weighted by Gasteiger charge is 2.12. The minimum atomic E-state index is -0.0798. The van der Waals surface area contributed by atoms with Crippen molar-refractivity contribution in [3.63, 3.8) is 0 Å². The van der Waals surface area contributed by atoms with Crippen LogP contribution in [0, 0.1) is 13.8 Å². The predicted octanol–water partition coefficient (Wildman–Crippen LogP) is 1.97. The maximum atomic E-state index is 12.0. The lowest BCUT2D eigenvalue weighted by Crippen LogP contribution is -2.23. The van der Waals surface area contributed by atoms with E-state index in [1.54, 1.807) is 10.9 Å². The van der Waals surface area contributed by atoms with Crippen LogP contribution >= 0.6 is 0 Å². The molecule has 0 saturated carbocycles. The van der Waals surface area contributed by atoms with Crippen LogP contribution < -0.4 is 5.32 Å². The van der Waals surface area contributed by atoms with Gasteiger partial charge in [-0.05, 0) is 25.0 Å². The van der Waals surface area contributed by atoms with Crippen molar-refractivity contribution in [1.29, 1.82) is 0 Å². The highest BCUT2D eigenvalue weighted by molar-refractivity contribution is 5.94. The molecule has 1 aromatic heterocycles. The van der Waals surface area contributed by atoms with Crippen LogP contribution in [0.5, 0.6) is 0 Å². The van der Waals surface area contributed by atoms with Crippen LogP contribution in [0.15, 0.2) is 30.5 Å². The second kappa shape index (κ2) is 5.04. The molecule has 4 heteroatoms. The van der Waals surface area contributed by atoms with Gasteiger partial charge in [-0.1, -0.05) is 24.3 Å². The first-order valence-corrected chi connectivity index (χ1v) is 5.91. The molecule has 0 aliphatic rings. The standard InChI is InChI=1S/C14H17N3O/c1-10-6-4-5-7-12(10)8-15-14(18)13-9-16-17(3)11(13)2/h4-7,9H,8H2,1-3H3,(H,15,18). The predicted molar refractivity (Wildman–Crippen MR) is 70.3 cm³/mol. The highest BCUT2D eigenvalue weighted by Crippen LogP contribution is 2.08. The molecule has 1 heterocycles. The average Bonchev–Trinajstić information content (AvgIpc) is 2.69. The van der Waals surface area contributed by atoms with E-state index in [-0.39, 0.29) is 5.91 Å². The molecule has 0 fully saturated rings. The van der Waals surface area contributed by atoms with Gasteiger partial charge in [0.15, 0.2) is 0 Å². The number of benzene rings is 1. The molecule has 0 saturated heterocycles. The fourth-order valence-corrected chi connectivity index (χ4v) is 1.80. The van der Waals surface area contributed by atoms with Crippen molar-refractivity contribution >= 4 is 5.91 Å². The molecule has 0 aliphatic heterocycles. The zero-order valence-electron chi connectivity index (χ0n) is 10.9. The van der Waals surface area contributed by atoms with Crippen molar-refractivity contribution in [3.05, 3.63) is 52.8 Å². The van der Waals surface area contributed by atoms with Gasteiger partial charge in [-0.2, -0.15) is 5.10 Å². The summed E-state index contributed by atoms with van der Waals surface area (Å²) in [7, 11) is 1.83. The van der Waals surface area contributed by atoms with Crippen LogP contribution in [0.4, 0.5) is 0 Å². The van der Waals surface area contributed by atoms with Crippen LogP contribution in [-0.2, 0) is 13.6 Å². The number of amides is 1. The number of carbonyl (C=O) groups is 1. The van der Waals surface area contributed by atoms with Gasteiger partial charge >= 0.3 is 0 Å². The molecule has 94 valence electrons. The first-order chi connectivity index (χ1) is 8.59. The molecule has 0 radical (unpaired) electrons. The van der Waals surface area contributed by atoms with Gasteiger partial charge < -0.3 is 5.32 Å². The summed E-state index contributed by atoms with van der Waals surface area (Å²) in [5, 5.41) is 6.98. The molecule has 1 aromatic carbocycles. The van der Waals surface area contributed by atoms with Crippen LogP contribution in [0.25, 0.3) is 0 Å². The Bertz CT molecular complexity index is 572. The first-order valence-electron chi connectivity index (χ1n) is 5.91. The second-order valence-electron chi connectivity index (χ2n) is 4.38. The quantitative estimate of drug-likeness (QED) is 0.895. The number of hydrogen-bond acceptors (Lipinski definition) is 2. The lowest BCUT2D eigenvalue weighted by Gasteiger charge is -2.07. The zero-order chi connectivity index (χ0) is 13.1. The Balaban J connectivity index is 2.05. The number of carbonyl (C=O) groups excluding carboxylic acids is 1. The Morgan fingerprint density at radius 2 is 2.06 bits per heavy atom. The smallest absolute Gasteiger partial charge is 0.255 e. The van der Waals surface area contributed by atoms with Gasteiger partial charge in [-0.15, -0.1) is 0 Å². The number of hydrogen-bond donors (Lipinski definition) is 1. The van der Waals surface area contributed by atoms with E-state index >= 15 is 0 Å². The second-order valence-corrected chi connectivity index (χ2v) is 4.38. The fourth-order valence-electron chi connectivity index (χ4n) is 1.80. The molecule has 0 unspecified atom stereocenters. The summed E-state index contributed by atoms with van der Waals surface area (Å²) in [6.07, 6.45) is 1.60. The molecule has 2 rings (SSSR count). The van der Waals surface area contributed by atoms with Crippen LogP contribution in [-0.4, -0.2) is 15.7 Å². The van der Waals surface area contributed by atoms with E-state index in [9.17, 15) is 4.79 Å². The molecule has 2 aromatic rings. The van der Waals surface area contributed by atoms with Crippen molar-refractivity contribution in [2.75, 3.05) is 0 Å². The topological polar surface area (TPSA) is 46.9 Å². The van der Waals surface area contributed by atoms with E-state index in [1.165, 1.54) is 5.56 Å². The summed E-state index contributed by atoms with van der Waals surface area (Å²) in [4.78, 5) is 12.0. The molecule has 0 aliphatic carbocycles. The van der Waals surface area contributed by atoms with Crippen molar-refractivity contribution in [2.45, 2.75) is 20.4 Å². The Morgan fingerprint density at radius 3 is 2.67 bits per heavy atom.